The topological polar surface area (TPSA) is 119 Å². The summed E-state index contributed by atoms with van der Waals surface area (Å²) in [6.45, 7) is 0. The minimum Gasteiger partial charge on any atom is -0.491 e. The molecule has 1 aromatic heterocycles. The van der Waals surface area contributed by atoms with Gasteiger partial charge in [0.2, 0.25) is 5.91 Å². The Morgan fingerprint density at radius 2 is 2.04 bits per heavy atom. The van der Waals surface area contributed by atoms with Crippen molar-refractivity contribution in [1.82, 2.24) is 10.2 Å². The molecule has 2 aromatic rings. The van der Waals surface area contributed by atoms with Crippen LogP contribution < -0.4 is 21.5 Å². The summed E-state index contributed by atoms with van der Waals surface area (Å²) < 4.78 is 32.2. The Morgan fingerprint density at radius 3 is 2.59 bits per heavy atom. The SMILES string of the molecule is COc1c(NC(=O)CCc2cc(F)c(Cl)c(F)c2)n[nH]c1C(/C=C\N)=C/N. The van der Waals surface area contributed by atoms with Gasteiger partial charge in [-0.15, -0.1) is 0 Å². The lowest BCUT2D eigenvalue weighted by Gasteiger charge is -2.07. The molecule has 0 bridgehead atoms. The number of aromatic nitrogens is 2. The number of hydrogen-bond donors (Lipinski definition) is 4. The molecular formula is C17H18ClF2N5O2. The fourth-order valence-electron chi connectivity index (χ4n) is 2.34. The number of carbonyl (C=O) groups is 1. The van der Waals surface area contributed by atoms with Crippen LogP contribution in [0.3, 0.4) is 0 Å². The Hall–Kier alpha value is -3.07. The third-order valence-electron chi connectivity index (χ3n) is 3.61. The van der Waals surface area contributed by atoms with Crippen molar-refractivity contribution >= 4 is 28.9 Å². The number of hydrogen-bond acceptors (Lipinski definition) is 5. The standard InChI is InChI=1S/C17H18ClF2N5O2/c1-27-16-15(10(8-22)4-5-21)24-25-17(16)23-13(26)3-2-9-6-11(19)14(18)12(20)7-9/h4-8H,2-3,21-22H2,1H3,(H2,23,24,25,26)/b5-4-,10-8+. The van der Waals surface area contributed by atoms with Crippen LogP contribution >= 0.6 is 11.6 Å². The van der Waals surface area contributed by atoms with Crippen LogP contribution in [0.25, 0.3) is 5.57 Å². The summed E-state index contributed by atoms with van der Waals surface area (Å²) in [6, 6.07) is 2.17. The minimum atomic E-state index is -0.875. The van der Waals surface area contributed by atoms with E-state index in [4.69, 9.17) is 27.8 Å². The molecule has 2 rings (SSSR count). The number of aryl methyl sites for hydroxylation is 1. The zero-order chi connectivity index (χ0) is 20.0. The van der Waals surface area contributed by atoms with Gasteiger partial charge in [0.1, 0.15) is 22.4 Å². The number of ether oxygens (including phenoxy) is 1. The molecule has 10 heteroatoms. The number of rotatable bonds is 7. The first kappa shape index (κ1) is 20.2. The summed E-state index contributed by atoms with van der Waals surface area (Å²) in [5.74, 6) is -1.76. The number of anilines is 1. The molecule has 0 aliphatic carbocycles. The van der Waals surface area contributed by atoms with Crippen LogP contribution in [0.4, 0.5) is 14.6 Å². The van der Waals surface area contributed by atoms with Crippen molar-refractivity contribution in [1.29, 1.82) is 0 Å². The van der Waals surface area contributed by atoms with Crippen LogP contribution in [-0.2, 0) is 11.2 Å². The van der Waals surface area contributed by atoms with Crippen molar-refractivity contribution in [3.05, 3.63) is 58.5 Å². The molecule has 7 nitrogen and oxygen atoms in total. The van der Waals surface area contributed by atoms with Gasteiger partial charge in [0.25, 0.3) is 0 Å². The lowest BCUT2D eigenvalue weighted by molar-refractivity contribution is -0.116. The maximum absolute atomic E-state index is 13.5. The Kier molecular flexibility index (Phi) is 6.78. The summed E-state index contributed by atoms with van der Waals surface area (Å²) in [6.07, 6.45) is 4.20. The van der Waals surface area contributed by atoms with Crippen LogP contribution in [0, 0.1) is 11.6 Å². The Morgan fingerprint density at radius 1 is 1.37 bits per heavy atom. The van der Waals surface area contributed by atoms with E-state index in [-0.39, 0.29) is 24.4 Å². The third kappa shape index (κ3) is 4.76. The summed E-state index contributed by atoms with van der Waals surface area (Å²) in [5.41, 5.74) is 12.1. The fraction of sp³-hybridized carbons (Fsp3) is 0.176. The molecule has 1 aromatic carbocycles. The summed E-state index contributed by atoms with van der Waals surface area (Å²) in [7, 11) is 1.41. The molecular weight excluding hydrogens is 380 g/mol. The summed E-state index contributed by atoms with van der Waals surface area (Å²) in [5, 5.41) is 8.68. The minimum absolute atomic E-state index is 0.0336. The van der Waals surface area contributed by atoms with Crippen molar-refractivity contribution < 1.29 is 18.3 Å². The predicted molar refractivity (Wildman–Crippen MR) is 99.0 cm³/mol. The van der Waals surface area contributed by atoms with Gasteiger partial charge in [0, 0.05) is 18.2 Å². The molecule has 0 aliphatic heterocycles. The average Bonchev–Trinajstić information content (AvgIpc) is 3.04. The van der Waals surface area contributed by atoms with Gasteiger partial charge in [-0.3, -0.25) is 9.89 Å². The Labute approximate surface area is 159 Å². The van der Waals surface area contributed by atoms with Crippen molar-refractivity contribution in [2.75, 3.05) is 12.4 Å². The van der Waals surface area contributed by atoms with E-state index in [2.05, 4.69) is 15.5 Å². The highest BCUT2D eigenvalue weighted by molar-refractivity contribution is 6.30. The maximum Gasteiger partial charge on any atom is 0.226 e. The zero-order valence-electron chi connectivity index (χ0n) is 14.4. The number of halogens is 3. The second-order valence-electron chi connectivity index (χ2n) is 5.38. The Bertz CT molecular complexity index is 872. The molecule has 0 radical (unpaired) electrons. The number of nitrogens with zero attached hydrogens (tertiary/aromatic N) is 1. The predicted octanol–water partition coefficient (Wildman–Crippen LogP) is 2.69. The van der Waals surface area contributed by atoms with Crippen molar-refractivity contribution in [2.45, 2.75) is 12.8 Å². The van der Waals surface area contributed by atoms with Crippen molar-refractivity contribution in [3.63, 3.8) is 0 Å². The molecule has 6 N–H and O–H groups in total. The Balaban J connectivity index is 2.09. The molecule has 0 aliphatic rings. The van der Waals surface area contributed by atoms with E-state index in [1.54, 1.807) is 0 Å². The van der Waals surface area contributed by atoms with E-state index < -0.39 is 22.6 Å². The molecule has 27 heavy (non-hydrogen) atoms. The largest absolute Gasteiger partial charge is 0.491 e. The number of H-pyrrole nitrogens is 1. The third-order valence-corrected chi connectivity index (χ3v) is 3.97. The number of allylic oxidation sites excluding steroid dienone is 2. The van der Waals surface area contributed by atoms with Crippen LogP contribution in [0.5, 0.6) is 5.75 Å². The van der Waals surface area contributed by atoms with Gasteiger partial charge < -0.3 is 21.5 Å². The second kappa shape index (κ2) is 9.04. The van der Waals surface area contributed by atoms with Gasteiger partial charge >= 0.3 is 0 Å². The van der Waals surface area contributed by atoms with Crippen molar-refractivity contribution in [2.24, 2.45) is 11.5 Å². The van der Waals surface area contributed by atoms with E-state index in [9.17, 15) is 13.6 Å². The fourth-order valence-corrected chi connectivity index (χ4v) is 2.45. The highest BCUT2D eigenvalue weighted by Crippen LogP contribution is 2.31. The van der Waals surface area contributed by atoms with Gasteiger partial charge in [0.05, 0.1) is 7.11 Å². The molecule has 0 unspecified atom stereocenters. The highest BCUT2D eigenvalue weighted by Gasteiger charge is 2.18. The number of amides is 1. The van der Waals surface area contributed by atoms with Gasteiger partial charge in [-0.1, -0.05) is 11.6 Å². The number of benzene rings is 1. The summed E-state index contributed by atoms with van der Waals surface area (Å²) >= 11 is 5.43. The van der Waals surface area contributed by atoms with Crippen molar-refractivity contribution in [3.8, 4) is 5.75 Å². The molecule has 0 atom stereocenters. The smallest absolute Gasteiger partial charge is 0.226 e. The van der Waals surface area contributed by atoms with Crippen LogP contribution in [0.2, 0.25) is 5.02 Å². The number of nitrogens with one attached hydrogen (secondary N) is 2. The van der Waals surface area contributed by atoms with E-state index in [1.165, 1.54) is 25.6 Å². The molecule has 0 fully saturated rings. The molecule has 144 valence electrons. The van der Waals surface area contributed by atoms with E-state index in [1.807, 2.05) is 0 Å². The van der Waals surface area contributed by atoms with Crippen LogP contribution in [0.15, 0.2) is 30.6 Å². The number of nitrogens with two attached hydrogens (primary N) is 2. The second-order valence-corrected chi connectivity index (χ2v) is 5.76. The monoisotopic (exact) mass is 397 g/mol. The molecule has 0 saturated heterocycles. The normalized spacial score (nSPS) is 11.8. The van der Waals surface area contributed by atoms with Crippen LogP contribution in [-0.4, -0.2) is 23.2 Å². The van der Waals surface area contributed by atoms with E-state index in [0.717, 1.165) is 12.1 Å². The van der Waals surface area contributed by atoms with Gasteiger partial charge in [0.15, 0.2) is 11.6 Å². The zero-order valence-corrected chi connectivity index (χ0v) is 15.1. The average molecular weight is 398 g/mol. The lowest BCUT2D eigenvalue weighted by Crippen LogP contribution is -2.13. The maximum atomic E-state index is 13.5. The van der Waals surface area contributed by atoms with E-state index >= 15 is 0 Å². The van der Waals surface area contributed by atoms with Gasteiger partial charge in [-0.2, -0.15) is 5.10 Å². The molecule has 1 amide bonds. The number of aromatic amines is 1. The number of methoxy groups -OCH3 is 1. The number of carbonyl (C=O) groups excluding carboxylic acids is 1. The highest BCUT2D eigenvalue weighted by atomic mass is 35.5. The van der Waals surface area contributed by atoms with Crippen LogP contribution in [0.1, 0.15) is 17.7 Å². The first-order valence-corrected chi connectivity index (χ1v) is 8.15. The first-order chi connectivity index (χ1) is 12.9. The first-order valence-electron chi connectivity index (χ1n) is 7.77. The molecule has 0 spiro atoms. The molecule has 1 heterocycles. The molecule has 0 saturated carbocycles. The van der Waals surface area contributed by atoms with Gasteiger partial charge in [-0.05, 0) is 36.4 Å². The quantitative estimate of drug-likeness (QED) is 0.423. The van der Waals surface area contributed by atoms with E-state index in [0.29, 0.717) is 16.8 Å². The van der Waals surface area contributed by atoms with Gasteiger partial charge in [-0.25, -0.2) is 8.78 Å². The summed E-state index contributed by atoms with van der Waals surface area (Å²) in [4.78, 5) is 12.2. The lowest BCUT2D eigenvalue weighted by atomic mass is 10.1.